The molecule has 1 aromatic rings. The van der Waals surface area contributed by atoms with E-state index in [2.05, 4.69) is 17.6 Å². The summed E-state index contributed by atoms with van der Waals surface area (Å²) in [4.78, 5) is 11.6. The zero-order valence-corrected chi connectivity index (χ0v) is 11.4. The first-order valence-corrected chi connectivity index (χ1v) is 6.39. The van der Waals surface area contributed by atoms with E-state index in [1.54, 1.807) is 12.1 Å². The summed E-state index contributed by atoms with van der Waals surface area (Å²) in [5.74, 6) is -0.691. The zero-order valence-electron chi connectivity index (χ0n) is 10.6. The fourth-order valence-electron chi connectivity index (χ4n) is 1.65. The number of hydrogen-bond acceptors (Lipinski definition) is 2. The van der Waals surface area contributed by atoms with Gasteiger partial charge in [0.2, 0.25) is 5.91 Å². The Bertz CT molecular complexity index is 412. The second kappa shape index (κ2) is 7.21. The van der Waals surface area contributed by atoms with Crippen molar-refractivity contribution in [3.05, 3.63) is 29.0 Å². The molecule has 0 bridgehead atoms. The number of halogens is 2. The maximum absolute atomic E-state index is 13.5. The first kappa shape index (κ1) is 14.8. The van der Waals surface area contributed by atoms with Crippen molar-refractivity contribution in [1.82, 2.24) is 5.32 Å². The molecule has 0 saturated carbocycles. The van der Waals surface area contributed by atoms with Crippen molar-refractivity contribution >= 4 is 23.2 Å². The second-order valence-electron chi connectivity index (χ2n) is 4.21. The molecule has 1 unspecified atom stereocenters. The number of carbonyl (C=O) groups is 1. The van der Waals surface area contributed by atoms with Gasteiger partial charge in [-0.05, 0) is 25.5 Å². The van der Waals surface area contributed by atoms with Crippen LogP contribution in [0.2, 0.25) is 5.02 Å². The van der Waals surface area contributed by atoms with Crippen LogP contribution in [0.15, 0.2) is 18.2 Å². The third kappa shape index (κ3) is 4.53. The lowest BCUT2D eigenvalue weighted by Gasteiger charge is -2.13. The summed E-state index contributed by atoms with van der Waals surface area (Å²) in [6, 6.07) is 4.77. The molecule has 5 heteroatoms. The molecular formula is C13H18ClFN2O. The number of nitrogens with one attached hydrogen (secondary N) is 2. The van der Waals surface area contributed by atoms with E-state index < -0.39 is 5.82 Å². The molecule has 3 nitrogen and oxygen atoms in total. The lowest BCUT2D eigenvalue weighted by atomic mass is 10.2. The molecule has 18 heavy (non-hydrogen) atoms. The molecule has 2 N–H and O–H groups in total. The summed E-state index contributed by atoms with van der Waals surface area (Å²) < 4.78 is 13.5. The van der Waals surface area contributed by atoms with Crippen LogP contribution in [0.3, 0.4) is 0 Å². The van der Waals surface area contributed by atoms with Crippen molar-refractivity contribution < 1.29 is 9.18 Å². The Labute approximate surface area is 112 Å². The zero-order chi connectivity index (χ0) is 13.5. The van der Waals surface area contributed by atoms with Crippen LogP contribution in [-0.2, 0) is 4.79 Å². The SMILES string of the molecule is CCCC(C)NC(=O)CNc1cccc(Cl)c1F. The minimum Gasteiger partial charge on any atom is -0.374 e. The van der Waals surface area contributed by atoms with E-state index in [0.29, 0.717) is 0 Å². The molecule has 0 aliphatic carbocycles. The van der Waals surface area contributed by atoms with Crippen molar-refractivity contribution in [3.8, 4) is 0 Å². The van der Waals surface area contributed by atoms with Crippen LogP contribution < -0.4 is 10.6 Å². The summed E-state index contributed by atoms with van der Waals surface area (Å²) in [5, 5.41) is 5.60. The monoisotopic (exact) mass is 272 g/mol. The van der Waals surface area contributed by atoms with E-state index in [9.17, 15) is 9.18 Å². The van der Waals surface area contributed by atoms with Gasteiger partial charge in [-0.3, -0.25) is 4.79 Å². The van der Waals surface area contributed by atoms with Gasteiger partial charge in [-0.2, -0.15) is 0 Å². The summed E-state index contributed by atoms with van der Waals surface area (Å²) in [6.07, 6.45) is 1.94. The Kier molecular flexibility index (Phi) is 5.92. The van der Waals surface area contributed by atoms with Crippen LogP contribution in [-0.4, -0.2) is 18.5 Å². The van der Waals surface area contributed by atoms with Crippen molar-refractivity contribution in [2.45, 2.75) is 32.7 Å². The molecule has 1 atom stereocenters. The quantitative estimate of drug-likeness (QED) is 0.835. The van der Waals surface area contributed by atoms with Crippen molar-refractivity contribution in [1.29, 1.82) is 0 Å². The first-order chi connectivity index (χ1) is 8.54. The highest BCUT2D eigenvalue weighted by Crippen LogP contribution is 2.21. The number of hydrogen-bond donors (Lipinski definition) is 2. The Morgan fingerprint density at radius 3 is 2.89 bits per heavy atom. The Hall–Kier alpha value is -1.29. The third-order valence-electron chi connectivity index (χ3n) is 2.52. The van der Waals surface area contributed by atoms with Crippen LogP contribution in [0.4, 0.5) is 10.1 Å². The molecular weight excluding hydrogens is 255 g/mol. The summed E-state index contributed by atoms with van der Waals surface area (Å²) in [6.45, 7) is 4.04. The van der Waals surface area contributed by atoms with Gasteiger partial charge in [0, 0.05) is 6.04 Å². The highest BCUT2D eigenvalue weighted by atomic mass is 35.5. The summed E-state index contributed by atoms with van der Waals surface area (Å²) >= 11 is 5.64. The van der Waals surface area contributed by atoms with Gasteiger partial charge < -0.3 is 10.6 Å². The van der Waals surface area contributed by atoms with Gasteiger partial charge in [0.25, 0.3) is 0 Å². The maximum atomic E-state index is 13.5. The molecule has 0 fully saturated rings. The van der Waals surface area contributed by atoms with Gasteiger partial charge in [0.05, 0.1) is 17.3 Å². The smallest absolute Gasteiger partial charge is 0.239 e. The van der Waals surface area contributed by atoms with Crippen molar-refractivity contribution in [2.75, 3.05) is 11.9 Å². The van der Waals surface area contributed by atoms with Crippen LogP contribution in [0.1, 0.15) is 26.7 Å². The molecule has 1 rings (SSSR count). The van der Waals surface area contributed by atoms with Crippen LogP contribution in [0.25, 0.3) is 0 Å². The Morgan fingerprint density at radius 1 is 1.50 bits per heavy atom. The second-order valence-corrected chi connectivity index (χ2v) is 4.62. The highest BCUT2D eigenvalue weighted by molar-refractivity contribution is 6.31. The Morgan fingerprint density at radius 2 is 2.22 bits per heavy atom. The predicted molar refractivity (Wildman–Crippen MR) is 72.4 cm³/mol. The molecule has 1 amide bonds. The number of carbonyl (C=O) groups excluding carboxylic acids is 1. The normalized spacial score (nSPS) is 12.0. The van der Waals surface area contributed by atoms with Gasteiger partial charge >= 0.3 is 0 Å². The van der Waals surface area contributed by atoms with Gasteiger partial charge in [0.1, 0.15) is 0 Å². The summed E-state index contributed by atoms with van der Waals surface area (Å²) in [5.41, 5.74) is 0.237. The average molecular weight is 273 g/mol. The number of benzene rings is 1. The van der Waals surface area contributed by atoms with E-state index in [1.165, 1.54) is 6.07 Å². The predicted octanol–water partition coefficient (Wildman–Crippen LogP) is 3.20. The van der Waals surface area contributed by atoms with Crippen LogP contribution in [0, 0.1) is 5.82 Å². The molecule has 0 aliphatic heterocycles. The molecule has 100 valence electrons. The molecule has 0 radical (unpaired) electrons. The fourth-order valence-corrected chi connectivity index (χ4v) is 1.82. The van der Waals surface area contributed by atoms with Crippen molar-refractivity contribution in [2.24, 2.45) is 0 Å². The van der Waals surface area contributed by atoms with Crippen LogP contribution >= 0.6 is 11.6 Å². The summed E-state index contributed by atoms with van der Waals surface area (Å²) in [7, 11) is 0. The molecule has 1 aromatic carbocycles. The van der Waals surface area contributed by atoms with Crippen molar-refractivity contribution in [3.63, 3.8) is 0 Å². The molecule has 0 heterocycles. The topological polar surface area (TPSA) is 41.1 Å². The molecule has 0 aromatic heterocycles. The Balaban J connectivity index is 2.45. The van der Waals surface area contributed by atoms with E-state index in [-0.39, 0.29) is 29.2 Å². The number of amides is 1. The minimum absolute atomic E-state index is 0.0331. The molecule has 0 spiro atoms. The lowest BCUT2D eigenvalue weighted by molar-refractivity contribution is -0.120. The number of rotatable bonds is 6. The minimum atomic E-state index is -0.534. The molecule has 0 aliphatic rings. The molecule has 0 saturated heterocycles. The van der Waals surface area contributed by atoms with Gasteiger partial charge in [-0.1, -0.05) is 31.0 Å². The van der Waals surface area contributed by atoms with Gasteiger partial charge in [-0.15, -0.1) is 0 Å². The fraction of sp³-hybridized carbons (Fsp3) is 0.462. The van der Waals surface area contributed by atoms with Gasteiger partial charge in [-0.25, -0.2) is 4.39 Å². The standard InChI is InChI=1S/C13H18ClFN2O/c1-3-5-9(2)17-12(18)8-16-11-7-4-6-10(14)13(11)15/h4,6-7,9,16H,3,5,8H2,1-2H3,(H,17,18). The average Bonchev–Trinajstić information content (AvgIpc) is 2.31. The van der Waals surface area contributed by atoms with E-state index in [1.807, 2.05) is 6.92 Å². The van der Waals surface area contributed by atoms with Crippen LogP contribution in [0.5, 0.6) is 0 Å². The third-order valence-corrected chi connectivity index (χ3v) is 2.81. The lowest BCUT2D eigenvalue weighted by Crippen LogP contribution is -2.36. The van der Waals surface area contributed by atoms with E-state index >= 15 is 0 Å². The maximum Gasteiger partial charge on any atom is 0.239 e. The largest absolute Gasteiger partial charge is 0.374 e. The number of anilines is 1. The van der Waals surface area contributed by atoms with Gasteiger partial charge in [0.15, 0.2) is 5.82 Å². The first-order valence-electron chi connectivity index (χ1n) is 6.01. The van der Waals surface area contributed by atoms with E-state index in [4.69, 9.17) is 11.6 Å². The highest BCUT2D eigenvalue weighted by Gasteiger charge is 2.09. The van der Waals surface area contributed by atoms with E-state index in [0.717, 1.165) is 12.8 Å².